The number of ether oxygens (including phenoxy) is 6. The van der Waals surface area contributed by atoms with Gasteiger partial charge in [0.05, 0.1) is 31.5 Å². The standard InChI is InChI=1S/C42H72N2O24S2/c1-5-24-17-25(26(47)14-10-7-11-15-43-39(52)37(68-70(58,59)60)30(20-61-4)67-69(55,56)57)18-27(36(24)66-42-35(51)34(50)32(48)21(2)62-42)64-41-31(44-22(3)46)38(33(49)29(19-45)65-41)63-28(40(53)54)16-23-12-8-6-9-13-23/h21,23-25,27-38,41-42,45,48-51H,5-20H2,1-4H3,(H,43,52)(H,44,46)(H,53,54)(H,55,56,57)(H,58,59,60)/t21?,24?,25?,27-,28+,29+,30-,31?,32-,33+,34+,35?,36-,37+,38?,41-,42+/m1/s1. The van der Waals surface area contributed by atoms with Gasteiger partial charge in [0.2, 0.25) is 5.91 Å². The maximum atomic E-state index is 14.0. The summed E-state index contributed by atoms with van der Waals surface area (Å²) in [5, 5.41) is 69.1. The van der Waals surface area contributed by atoms with E-state index in [1.165, 1.54) is 13.8 Å². The Labute approximate surface area is 407 Å². The number of nitrogens with one attached hydrogen (secondary N) is 2. The Morgan fingerprint density at radius 1 is 0.814 bits per heavy atom. The first-order chi connectivity index (χ1) is 32.9. The van der Waals surface area contributed by atoms with Crippen molar-refractivity contribution in [3.63, 3.8) is 0 Å². The lowest BCUT2D eigenvalue weighted by molar-refractivity contribution is -0.338. The van der Waals surface area contributed by atoms with Gasteiger partial charge in [-0.15, -0.1) is 0 Å². The number of aliphatic hydroxyl groups is 5. The second-order valence-electron chi connectivity index (χ2n) is 18.4. The number of hydrogen-bond donors (Lipinski definition) is 10. The van der Waals surface area contributed by atoms with Gasteiger partial charge in [0.15, 0.2) is 24.8 Å². The molecular weight excluding hydrogens is 981 g/mol. The second-order valence-corrected chi connectivity index (χ2v) is 20.5. The van der Waals surface area contributed by atoms with Gasteiger partial charge in [-0.05, 0) is 50.9 Å². The summed E-state index contributed by atoms with van der Waals surface area (Å²) < 4.78 is 108. The molecule has 2 heterocycles. The Hall–Kier alpha value is -2.62. The van der Waals surface area contributed by atoms with E-state index in [1.54, 1.807) is 0 Å². The fraction of sp³-hybridized carbons (Fsp3) is 0.905. The summed E-state index contributed by atoms with van der Waals surface area (Å²) >= 11 is 0. The van der Waals surface area contributed by atoms with Crippen LogP contribution in [0.2, 0.25) is 0 Å². The molecule has 0 aromatic heterocycles. The predicted molar refractivity (Wildman–Crippen MR) is 237 cm³/mol. The molecule has 10 N–H and O–H groups in total. The summed E-state index contributed by atoms with van der Waals surface area (Å²) in [5.74, 6) is -4.59. The third-order valence-electron chi connectivity index (χ3n) is 13.2. The number of carbonyl (C=O) groups excluding carboxylic acids is 3. The van der Waals surface area contributed by atoms with Crippen LogP contribution in [-0.4, -0.2) is 199 Å². The second kappa shape index (κ2) is 27.6. The highest BCUT2D eigenvalue weighted by atomic mass is 32.3. The summed E-state index contributed by atoms with van der Waals surface area (Å²) in [5.41, 5.74) is 0. The van der Waals surface area contributed by atoms with Crippen molar-refractivity contribution in [3.05, 3.63) is 0 Å². The van der Waals surface area contributed by atoms with E-state index in [-0.39, 0.29) is 56.8 Å². The molecule has 17 atom stereocenters. The Morgan fingerprint density at radius 2 is 1.49 bits per heavy atom. The van der Waals surface area contributed by atoms with Crippen LogP contribution in [0.15, 0.2) is 0 Å². The minimum atomic E-state index is -5.35. The first-order valence-corrected chi connectivity index (χ1v) is 26.3. The lowest BCUT2D eigenvalue weighted by Gasteiger charge is -2.49. The molecule has 6 unspecified atom stereocenters. The van der Waals surface area contributed by atoms with Crippen molar-refractivity contribution in [2.45, 2.75) is 196 Å². The number of unbranched alkanes of at least 4 members (excludes halogenated alkanes) is 2. The van der Waals surface area contributed by atoms with Gasteiger partial charge in [0.25, 0.3) is 5.91 Å². The number of methoxy groups -OCH3 is 1. The third-order valence-corrected chi connectivity index (χ3v) is 14.2. The Kier molecular flexibility index (Phi) is 23.6. The monoisotopic (exact) mass is 1050 g/mol. The third kappa shape index (κ3) is 17.8. The van der Waals surface area contributed by atoms with Gasteiger partial charge >= 0.3 is 26.8 Å². The van der Waals surface area contributed by atoms with Crippen LogP contribution in [0.5, 0.6) is 0 Å². The zero-order chi connectivity index (χ0) is 52.1. The van der Waals surface area contributed by atoms with Crippen molar-refractivity contribution < 1.29 is 113 Å². The van der Waals surface area contributed by atoms with Crippen LogP contribution < -0.4 is 10.6 Å². The molecular formula is C42H72N2O24S2. The maximum absolute atomic E-state index is 14.0. The molecule has 0 aromatic rings. The predicted octanol–water partition coefficient (Wildman–Crippen LogP) is -1.32. The molecule has 28 heteroatoms. The van der Waals surface area contributed by atoms with Crippen molar-refractivity contribution in [3.8, 4) is 0 Å². The number of carbonyl (C=O) groups is 4. The number of ketones is 1. The van der Waals surface area contributed by atoms with Crippen molar-refractivity contribution in [2.75, 3.05) is 26.9 Å². The smallest absolute Gasteiger partial charge is 0.398 e. The minimum Gasteiger partial charge on any atom is -0.479 e. The number of carboxylic acid groups (broad SMARTS) is 1. The van der Waals surface area contributed by atoms with Crippen LogP contribution in [0.3, 0.4) is 0 Å². The number of hydrogen-bond acceptors (Lipinski definition) is 21. The number of aliphatic hydroxyl groups excluding tert-OH is 5. The van der Waals surface area contributed by atoms with Crippen LogP contribution in [-0.2, 0) is 76.8 Å². The minimum absolute atomic E-state index is 0.00660. The average molecular weight is 1050 g/mol. The molecule has 0 spiro atoms. The van der Waals surface area contributed by atoms with Crippen LogP contribution in [0, 0.1) is 17.8 Å². The van der Waals surface area contributed by atoms with Crippen molar-refractivity contribution in [2.24, 2.45) is 17.8 Å². The average Bonchev–Trinajstić information content (AvgIpc) is 3.28. The number of amides is 2. The lowest BCUT2D eigenvalue weighted by Crippen LogP contribution is -2.67. The summed E-state index contributed by atoms with van der Waals surface area (Å²) in [6, 6.07) is -1.38. The van der Waals surface area contributed by atoms with Gasteiger partial charge in [-0.25, -0.2) is 13.2 Å². The van der Waals surface area contributed by atoms with E-state index in [0.717, 1.165) is 39.2 Å². The van der Waals surface area contributed by atoms with Gasteiger partial charge in [0, 0.05) is 32.9 Å². The quantitative estimate of drug-likeness (QED) is 0.0337. The van der Waals surface area contributed by atoms with E-state index in [1.807, 2.05) is 6.92 Å². The van der Waals surface area contributed by atoms with Crippen molar-refractivity contribution in [1.29, 1.82) is 0 Å². The highest BCUT2D eigenvalue weighted by Crippen LogP contribution is 2.40. The number of carboxylic acids is 1. The van der Waals surface area contributed by atoms with Crippen LogP contribution in [0.25, 0.3) is 0 Å². The molecule has 4 aliphatic rings. The van der Waals surface area contributed by atoms with E-state index in [0.29, 0.717) is 12.8 Å². The van der Waals surface area contributed by atoms with Crippen molar-refractivity contribution >= 4 is 44.4 Å². The van der Waals surface area contributed by atoms with Gasteiger partial charge in [0.1, 0.15) is 54.6 Å². The van der Waals surface area contributed by atoms with Gasteiger partial charge in [-0.2, -0.15) is 16.8 Å². The van der Waals surface area contributed by atoms with E-state index < -0.39 is 156 Å². The van der Waals surface area contributed by atoms with Crippen LogP contribution in [0.1, 0.15) is 104 Å². The van der Waals surface area contributed by atoms with E-state index in [4.69, 9.17) is 33.0 Å². The number of rotatable bonds is 27. The van der Waals surface area contributed by atoms with Crippen molar-refractivity contribution in [1.82, 2.24) is 10.6 Å². The number of Topliss-reactive ketones (excluding diaryl/α,β-unsaturated/α-hetero) is 1. The molecule has 2 saturated carbocycles. The summed E-state index contributed by atoms with van der Waals surface area (Å²) in [4.78, 5) is 52.3. The molecule has 0 aromatic carbocycles. The maximum Gasteiger partial charge on any atom is 0.398 e. The highest BCUT2D eigenvalue weighted by molar-refractivity contribution is 7.81. The van der Waals surface area contributed by atoms with Crippen LogP contribution >= 0.6 is 0 Å². The van der Waals surface area contributed by atoms with Gasteiger partial charge in [-0.3, -0.25) is 23.5 Å². The first-order valence-electron chi connectivity index (χ1n) is 23.6. The highest BCUT2D eigenvalue weighted by Gasteiger charge is 2.53. The first kappa shape index (κ1) is 59.9. The Morgan fingerprint density at radius 3 is 2.07 bits per heavy atom. The van der Waals surface area contributed by atoms with E-state index in [9.17, 15) is 71.2 Å². The molecule has 0 bridgehead atoms. The molecule has 26 nitrogen and oxygen atoms in total. The fourth-order valence-electron chi connectivity index (χ4n) is 9.63. The topological polar surface area (TPSA) is 396 Å². The molecule has 2 aliphatic heterocycles. The largest absolute Gasteiger partial charge is 0.479 e. The molecule has 0 radical (unpaired) electrons. The molecule has 406 valence electrons. The summed E-state index contributed by atoms with van der Waals surface area (Å²) in [6.07, 6.45) is -15.5. The molecule has 70 heavy (non-hydrogen) atoms. The lowest BCUT2D eigenvalue weighted by atomic mass is 9.74. The SMILES string of the molecule is CCC1CC(C(=O)CCCCCNC(=O)[C@@H](OS(=O)(=O)O)[C@@H](COC)OS(=O)(=O)O)C[C@@H](O[C@@H]2O[C@@H](CO)[C@H](O)C(O[C@@H](CC3CCCCC3)C(=O)O)C2NC(C)=O)[C@@H]1O[C@@H]1OC(C)[C@@H](O)[C@H](O)C1O. The van der Waals surface area contributed by atoms with Crippen LogP contribution in [0.4, 0.5) is 0 Å². The Balaban J connectivity index is 1.54. The zero-order valence-corrected chi connectivity index (χ0v) is 41.3. The zero-order valence-electron chi connectivity index (χ0n) is 39.6. The summed E-state index contributed by atoms with van der Waals surface area (Å²) in [7, 11) is -9.55. The molecule has 2 aliphatic carbocycles. The molecule has 4 rings (SSSR count). The molecule has 2 amide bonds. The van der Waals surface area contributed by atoms with E-state index >= 15 is 0 Å². The summed E-state index contributed by atoms with van der Waals surface area (Å²) in [6.45, 7) is 2.75. The number of aliphatic carboxylic acids is 1. The normalized spacial score (nSPS) is 33.7. The van der Waals surface area contributed by atoms with Gasteiger partial charge in [-0.1, -0.05) is 51.9 Å². The van der Waals surface area contributed by atoms with Gasteiger partial charge < -0.3 is 69.7 Å². The van der Waals surface area contributed by atoms with E-state index in [2.05, 4.69) is 19.0 Å². The Bertz CT molecular complexity index is 1910. The molecule has 2 saturated heterocycles. The fourth-order valence-corrected chi connectivity index (χ4v) is 10.6. The molecule has 4 fully saturated rings.